The first-order valence-electron chi connectivity index (χ1n) is 10.9. The Balaban J connectivity index is 1.79. The largest absolute Gasteiger partial charge is 0.502 e. The number of anilines is 2. The maximum absolute atomic E-state index is 13.6. The maximum Gasteiger partial charge on any atom is 0.275 e. The Morgan fingerprint density at radius 1 is 0.842 bits per heavy atom. The van der Waals surface area contributed by atoms with E-state index in [4.69, 9.17) is 19.8 Å². The highest BCUT2D eigenvalue weighted by molar-refractivity contribution is 7.89. The number of nitrogens with zero attached hydrogens (tertiary/aromatic N) is 1. The molecule has 0 saturated heterocycles. The number of hydrogen-bond acceptors (Lipinski definition) is 9. The van der Waals surface area contributed by atoms with E-state index in [1.165, 1.54) is 67.7 Å². The Morgan fingerprint density at radius 3 is 1.76 bits per heavy atom. The van der Waals surface area contributed by atoms with Gasteiger partial charge >= 0.3 is 0 Å². The lowest BCUT2D eigenvalue weighted by atomic mass is 10.0. The Kier molecular flexibility index (Phi) is 7.08. The molecule has 38 heavy (non-hydrogen) atoms. The molecule has 1 aliphatic rings. The molecular weight excluding hydrogens is 536 g/mol. The van der Waals surface area contributed by atoms with Crippen molar-refractivity contribution in [2.75, 3.05) is 24.4 Å². The van der Waals surface area contributed by atoms with Gasteiger partial charge in [0.25, 0.3) is 5.91 Å². The summed E-state index contributed by atoms with van der Waals surface area (Å²) in [6.07, 6.45) is 1.62. The molecule has 1 aliphatic heterocycles. The first-order valence-corrected chi connectivity index (χ1v) is 14.0. The zero-order chi connectivity index (χ0) is 27.8. The highest BCUT2D eigenvalue weighted by Crippen LogP contribution is 2.43. The molecule has 14 heteroatoms. The molecule has 0 saturated carbocycles. The molecule has 6 N–H and O–H groups in total. The summed E-state index contributed by atoms with van der Waals surface area (Å²) in [5, 5.41) is 23.7. The fourth-order valence-corrected chi connectivity index (χ4v) is 4.97. The van der Waals surface area contributed by atoms with Gasteiger partial charge in [-0.05, 0) is 72.3 Å². The molecule has 3 aromatic carbocycles. The second kappa shape index (κ2) is 9.98. The van der Waals surface area contributed by atoms with Gasteiger partial charge in [0, 0.05) is 11.4 Å². The van der Waals surface area contributed by atoms with Crippen molar-refractivity contribution in [3.8, 4) is 17.2 Å². The molecule has 0 aromatic heterocycles. The average Bonchev–Trinajstić information content (AvgIpc) is 3.19. The van der Waals surface area contributed by atoms with Crippen molar-refractivity contribution in [3.05, 3.63) is 78.0 Å². The van der Waals surface area contributed by atoms with E-state index in [2.05, 4.69) is 5.32 Å². The summed E-state index contributed by atoms with van der Waals surface area (Å²) in [5.74, 6) is -0.460. The van der Waals surface area contributed by atoms with E-state index < -0.39 is 32.0 Å². The molecule has 0 aliphatic carbocycles. The number of carbonyl (C=O) groups is 1. The SMILES string of the molecule is COc1cc(C2C=C(Nc3ccc(S(N)(=O)=O)cc3)C(=O)N2c2ccc(S(N)(=O)=O)cc2)cc(OC)c1O. The molecule has 1 unspecified atom stereocenters. The highest BCUT2D eigenvalue weighted by Gasteiger charge is 2.36. The molecule has 0 radical (unpaired) electrons. The molecule has 0 bridgehead atoms. The number of benzene rings is 3. The predicted octanol–water partition coefficient (Wildman–Crippen LogP) is 1.79. The zero-order valence-corrected chi connectivity index (χ0v) is 21.8. The molecule has 1 atom stereocenters. The van der Waals surface area contributed by atoms with E-state index in [1.54, 1.807) is 18.2 Å². The number of carbonyl (C=O) groups excluding carboxylic acids is 1. The number of phenolic OH excluding ortho intramolecular Hbond substituents is 1. The van der Waals surface area contributed by atoms with Gasteiger partial charge in [0.2, 0.25) is 25.8 Å². The van der Waals surface area contributed by atoms with Crippen LogP contribution in [0, 0.1) is 0 Å². The molecule has 4 rings (SSSR count). The van der Waals surface area contributed by atoms with Crippen molar-refractivity contribution in [2.24, 2.45) is 10.3 Å². The number of ether oxygens (including phenoxy) is 2. The van der Waals surface area contributed by atoms with Gasteiger partial charge in [-0.2, -0.15) is 0 Å². The third kappa shape index (κ3) is 5.28. The quantitative estimate of drug-likeness (QED) is 0.318. The van der Waals surface area contributed by atoms with Gasteiger partial charge in [-0.25, -0.2) is 27.1 Å². The lowest BCUT2D eigenvalue weighted by molar-refractivity contribution is -0.114. The number of rotatable bonds is 8. The smallest absolute Gasteiger partial charge is 0.275 e. The van der Waals surface area contributed by atoms with Crippen LogP contribution in [0.25, 0.3) is 0 Å². The number of methoxy groups -OCH3 is 2. The standard InChI is InChI=1S/C24H24N4O8S2/c1-35-21-11-14(12-22(36-2)23(21)29)20-13-19(27-15-3-7-17(8-4-15)37(25,31)32)24(30)28(20)16-5-9-18(10-6-16)38(26,33)34/h3-13,20,27,29H,1-2H3,(H2,25,31,32)(H2,26,33,34). The third-order valence-corrected chi connectivity index (χ3v) is 7.66. The van der Waals surface area contributed by atoms with Crippen molar-refractivity contribution in [2.45, 2.75) is 15.8 Å². The van der Waals surface area contributed by atoms with Gasteiger partial charge in [0.15, 0.2) is 11.5 Å². The van der Waals surface area contributed by atoms with Crippen molar-refractivity contribution in [1.29, 1.82) is 0 Å². The number of amides is 1. The molecule has 0 fully saturated rings. The third-order valence-electron chi connectivity index (χ3n) is 5.80. The molecule has 1 amide bonds. The molecule has 12 nitrogen and oxygen atoms in total. The summed E-state index contributed by atoms with van der Waals surface area (Å²) in [4.78, 5) is 14.8. The van der Waals surface area contributed by atoms with Crippen LogP contribution in [-0.4, -0.2) is 42.1 Å². The van der Waals surface area contributed by atoms with Crippen LogP contribution in [0.4, 0.5) is 11.4 Å². The fourth-order valence-electron chi connectivity index (χ4n) is 3.94. The minimum atomic E-state index is -3.95. The van der Waals surface area contributed by atoms with Crippen LogP contribution < -0.4 is 30.0 Å². The van der Waals surface area contributed by atoms with Crippen molar-refractivity contribution in [1.82, 2.24) is 0 Å². The number of aromatic hydroxyl groups is 1. The van der Waals surface area contributed by atoms with Crippen LogP contribution in [0.2, 0.25) is 0 Å². The van der Waals surface area contributed by atoms with Crippen LogP contribution in [0.1, 0.15) is 11.6 Å². The lowest BCUT2D eigenvalue weighted by Crippen LogP contribution is -2.31. The van der Waals surface area contributed by atoms with E-state index in [9.17, 15) is 26.7 Å². The molecule has 0 spiro atoms. The average molecular weight is 561 g/mol. The van der Waals surface area contributed by atoms with E-state index in [-0.39, 0.29) is 32.7 Å². The van der Waals surface area contributed by atoms with Gasteiger partial charge in [0.1, 0.15) is 5.70 Å². The van der Waals surface area contributed by atoms with Crippen molar-refractivity contribution in [3.63, 3.8) is 0 Å². The Hall–Kier alpha value is -4.11. The van der Waals surface area contributed by atoms with Crippen LogP contribution in [0.5, 0.6) is 17.2 Å². The van der Waals surface area contributed by atoms with Gasteiger partial charge in [-0.3, -0.25) is 9.69 Å². The second-order valence-electron chi connectivity index (χ2n) is 8.21. The first-order chi connectivity index (χ1) is 17.8. The van der Waals surface area contributed by atoms with Gasteiger partial charge in [-0.15, -0.1) is 0 Å². The molecule has 200 valence electrons. The number of phenols is 1. The van der Waals surface area contributed by atoms with Crippen molar-refractivity contribution < 1.29 is 36.2 Å². The number of hydrogen-bond donors (Lipinski definition) is 4. The minimum absolute atomic E-state index is 0.0903. The Morgan fingerprint density at radius 2 is 1.32 bits per heavy atom. The Bertz CT molecular complexity index is 1610. The highest BCUT2D eigenvalue weighted by atomic mass is 32.2. The monoisotopic (exact) mass is 560 g/mol. The molecule has 3 aromatic rings. The number of sulfonamides is 2. The lowest BCUT2D eigenvalue weighted by Gasteiger charge is -2.26. The normalized spacial score (nSPS) is 15.8. The Labute approximate surface area is 219 Å². The predicted molar refractivity (Wildman–Crippen MR) is 139 cm³/mol. The minimum Gasteiger partial charge on any atom is -0.502 e. The summed E-state index contributed by atoms with van der Waals surface area (Å²) < 4.78 is 57.1. The summed E-state index contributed by atoms with van der Waals surface area (Å²) in [6.45, 7) is 0. The van der Waals surface area contributed by atoms with Crippen LogP contribution >= 0.6 is 0 Å². The summed E-state index contributed by atoms with van der Waals surface area (Å²) in [5.41, 5.74) is 1.45. The molecule has 1 heterocycles. The van der Waals surface area contributed by atoms with E-state index in [0.29, 0.717) is 16.9 Å². The van der Waals surface area contributed by atoms with Gasteiger partial charge in [0.05, 0.1) is 30.1 Å². The first kappa shape index (κ1) is 26.9. The number of nitrogens with two attached hydrogens (primary N) is 2. The number of nitrogens with one attached hydrogen (secondary N) is 1. The summed E-state index contributed by atoms with van der Waals surface area (Å²) in [7, 11) is -5.10. The summed E-state index contributed by atoms with van der Waals surface area (Å²) >= 11 is 0. The van der Waals surface area contributed by atoms with Crippen LogP contribution in [0.3, 0.4) is 0 Å². The fraction of sp³-hybridized carbons (Fsp3) is 0.125. The molecular formula is C24H24N4O8S2. The summed E-state index contributed by atoms with van der Waals surface area (Å²) in [6, 6.07) is 13.3. The van der Waals surface area contributed by atoms with E-state index in [0.717, 1.165) is 0 Å². The van der Waals surface area contributed by atoms with E-state index in [1.807, 2.05) is 0 Å². The van der Waals surface area contributed by atoms with Crippen molar-refractivity contribution >= 4 is 37.3 Å². The maximum atomic E-state index is 13.6. The van der Waals surface area contributed by atoms with Gasteiger partial charge < -0.3 is 19.9 Å². The topological polar surface area (TPSA) is 191 Å². The number of primary sulfonamides is 2. The van der Waals surface area contributed by atoms with Crippen LogP contribution in [-0.2, 0) is 24.8 Å². The van der Waals surface area contributed by atoms with Gasteiger partial charge in [-0.1, -0.05) is 0 Å². The van der Waals surface area contributed by atoms with Crippen LogP contribution in [0.15, 0.2) is 82.2 Å². The zero-order valence-electron chi connectivity index (χ0n) is 20.2. The second-order valence-corrected chi connectivity index (χ2v) is 11.3. The van der Waals surface area contributed by atoms with E-state index >= 15 is 0 Å².